The van der Waals surface area contributed by atoms with Gasteiger partial charge in [0.2, 0.25) is 0 Å². The van der Waals surface area contributed by atoms with E-state index >= 15 is 0 Å². The molecule has 1 heterocycles. The molecule has 2 fully saturated rings. The second-order valence-corrected chi connectivity index (χ2v) is 10.7. The molecule has 14 heteroatoms. The Bertz CT molecular complexity index is 921. The molecular formula is C12H18N2O10P2. The van der Waals surface area contributed by atoms with E-state index in [0.29, 0.717) is 0 Å². The van der Waals surface area contributed by atoms with Crippen molar-refractivity contribution in [3.8, 4) is 0 Å². The number of hydrogen-bond donors (Lipinski definition) is 6. The Hall–Kier alpha value is -1.10. The number of aromatic amines is 1. The molecule has 6 N–H and O–H groups in total. The molecule has 1 aromatic rings. The van der Waals surface area contributed by atoms with Gasteiger partial charge in [0.1, 0.15) is 6.10 Å². The van der Waals surface area contributed by atoms with Gasteiger partial charge in [-0.1, -0.05) is 0 Å². The number of nitrogens with one attached hydrogen (secondary N) is 1. The molecule has 2 aliphatic carbocycles. The van der Waals surface area contributed by atoms with E-state index in [1.165, 1.54) is 6.20 Å². The van der Waals surface area contributed by atoms with Crippen LogP contribution >= 0.6 is 15.2 Å². The Morgan fingerprint density at radius 2 is 1.92 bits per heavy atom. The molecule has 0 amide bonds. The fourth-order valence-electron chi connectivity index (χ4n) is 3.68. The van der Waals surface area contributed by atoms with Gasteiger partial charge in [-0.15, -0.1) is 0 Å². The molecule has 2 saturated carbocycles. The first kappa shape index (κ1) is 19.7. The second kappa shape index (κ2) is 6.22. The van der Waals surface area contributed by atoms with Crippen LogP contribution in [0.15, 0.2) is 21.9 Å². The molecule has 3 rings (SSSR count). The van der Waals surface area contributed by atoms with Crippen LogP contribution in [0.1, 0.15) is 12.5 Å². The van der Waals surface area contributed by atoms with Gasteiger partial charge < -0.3 is 29.4 Å². The van der Waals surface area contributed by atoms with Crippen LogP contribution in [0.2, 0.25) is 0 Å². The lowest BCUT2D eigenvalue weighted by molar-refractivity contribution is -0.0290. The maximum absolute atomic E-state index is 11.9. The maximum Gasteiger partial charge on any atom is 0.340 e. The van der Waals surface area contributed by atoms with Gasteiger partial charge in [0.25, 0.3) is 5.56 Å². The van der Waals surface area contributed by atoms with E-state index in [0.717, 1.165) is 10.6 Å². The van der Waals surface area contributed by atoms with E-state index in [2.05, 4.69) is 0 Å². The average molecular weight is 412 g/mol. The molecular weight excluding hydrogens is 394 g/mol. The Morgan fingerprint density at radius 3 is 2.50 bits per heavy atom. The summed E-state index contributed by atoms with van der Waals surface area (Å²) >= 11 is 0. The van der Waals surface area contributed by atoms with Crippen LogP contribution < -0.4 is 11.2 Å². The van der Waals surface area contributed by atoms with Gasteiger partial charge in [0.05, 0.1) is 18.8 Å². The zero-order valence-electron chi connectivity index (χ0n) is 13.2. The highest BCUT2D eigenvalue weighted by Crippen LogP contribution is 2.69. The Morgan fingerprint density at radius 1 is 1.27 bits per heavy atom. The van der Waals surface area contributed by atoms with E-state index in [4.69, 9.17) is 14.3 Å². The fourth-order valence-corrected chi connectivity index (χ4v) is 6.31. The van der Waals surface area contributed by atoms with Crippen molar-refractivity contribution in [2.75, 3.05) is 12.5 Å². The molecule has 0 aromatic carbocycles. The summed E-state index contributed by atoms with van der Waals surface area (Å²) < 4.78 is 28.5. The summed E-state index contributed by atoms with van der Waals surface area (Å²) in [6.45, 7) is -0.516. The second-order valence-electron chi connectivity index (χ2n) is 6.70. The lowest BCUT2D eigenvalue weighted by Gasteiger charge is -2.24. The number of nitrogens with zero attached hydrogens (tertiary/aromatic N) is 1. The fraction of sp³-hybridized carbons (Fsp3) is 0.667. The summed E-state index contributed by atoms with van der Waals surface area (Å²) in [5.74, 6) is -1.84. The van der Waals surface area contributed by atoms with Gasteiger partial charge in [0, 0.05) is 17.7 Å². The Balaban J connectivity index is 1.79. The van der Waals surface area contributed by atoms with Crippen LogP contribution in [0.4, 0.5) is 0 Å². The Labute approximate surface area is 145 Å². The largest absolute Gasteiger partial charge is 0.390 e. The molecule has 146 valence electrons. The number of rotatable bonds is 6. The number of fused-ring (bicyclic) bond motifs is 1. The Kier molecular flexibility index (Phi) is 4.70. The van der Waals surface area contributed by atoms with Crippen molar-refractivity contribution in [3.05, 3.63) is 33.1 Å². The molecule has 0 spiro atoms. The first-order valence-corrected chi connectivity index (χ1v) is 11.1. The summed E-state index contributed by atoms with van der Waals surface area (Å²) in [6.07, 6.45) is -1.33. The van der Waals surface area contributed by atoms with Crippen molar-refractivity contribution in [1.29, 1.82) is 0 Å². The molecule has 0 bridgehead atoms. The van der Waals surface area contributed by atoms with Crippen LogP contribution in [0, 0.1) is 11.3 Å². The van der Waals surface area contributed by atoms with Gasteiger partial charge in [-0.2, -0.15) is 0 Å². The zero-order chi connectivity index (χ0) is 19.5. The minimum Gasteiger partial charge on any atom is -0.390 e. The first-order chi connectivity index (χ1) is 11.9. The predicted molar refractivity (Wildman–Crippen MR) is 85.6 cm³/mol. The molecule has 1 aromatic heterocycles. The lowest BCUT2D eigenvalue weighted by atomic mass is 10.0. The summed E-state index contributed by atoms with van der Waals surface area (Å²) in [5, 5.41) is 20.6. The van der Waals surface area contributed by atoms with Crippen LogP contribution in [0.5, 0.6) is 0 Å². The monoisotopic (exact) mass is 412 g/mol. The lowest BCUT2D eigenvalue weighted by Crippen LogP contribution is -2.40. The van der Waals surface area contributed by atoms with E-state index in [-0.39, 0.29) is 6.42 Å². The zero-order valence-corrected chi connectivity index (χ0v) is 15.0. The third-order valence-electron chi connectivity index (χ3n) is 4.92. The predicted octanol–water partition coefficient (Wildman–Crippen LogP) is -1.84. The smallest absolute Gasteiger partial charge is 0.340 e. The van der Waals surface area contributed by atoms with Crippen LogP contribution in [-0.2, 0) is 13.7 Å². The highest BCUT2D eigenvalue weighted by molar-refractivity contribution is 7.70. The minimum absolute atomic E-state index is 0.261. The van der Waals surface area contributed by atoms with Gasteiger partial charge in [-0.05, 0) is 12.3 Å². The van der Waals surface area contributed by atoms with Crippen LogP contribution in [0.3, 0.4) is 0 Å². The molecule has 1 unspecified atom stereocenters. The van der Waals surface area contributed by atoms with Crippen LogP contribution in [0.25, 0.3) is 0 Å². The van der Waals surface area contributed by atoms with Crippen molar-refractivity contribution in [2.24, 2.45) is 11.3 Å². The molecule has 0 aliphatic heterocycles. The van der Waals surface area contributed by atoms with Gasteiger partial charge >= 0.3 is 20.9 Å². The van der Waals surface area contributed by atoms with Gasteiger partial charge in [-0.25, -0.2) is 4.79 Å². The average Bonchev–Trinajstić information content (AvgIpc) is 3.15. The summed E-state index contributed by atoms with van der Waals surface area (Å²) in [7, 11) is -9.39. The topological polar surface area (TPSA) is 199 Å². The van der Waals surface area contributed by atoms with E-state index in [1.54, 1.807) is 0 Å². The molecule has 6 atom stereocenters. The number of hydrogen-bond acceptors (Lipinski definition) is 7. The maximum atomic E-state index is 11.9. The van der Waals surface area contributed by atoms with Crippen molar-refractivity contribution in [1.82, 2.24) is 9.55 Å². The summed E-state index contributed by atoms with van der Waals surface area (Å²) in [6, 6.07) is 0.208. The van der Waals surface area contributed by atoms with Crippen LogP contribution in [-0.4, -0.2) is 59.2 Å². The molecule has 12 nitrogen and oxygen atoms in total. The highest BCUT2D eigenvalue weighted by atomic mass is 31.2. The summed E-state index contributed by atoms with van der Waals surface area (Å²) in [5.41, 5.74) is -2.51. The quantitative estimate of drug-likeness (QED) is 0.288. The van der Waals surface area contributed by atoms with Gasteiger partial charge in [0.15, 0.2) is 5.90 Å². The molecule has 2 aliphatic rings. The van der Waals surface area contributed by atoms with E-state index in [1.807, 2.05) is 4.98 Å². The van der Waals surface area contributed by atoms with Crippen molar-refractivity contribution >= 4 is 15.2 Å². The highest BCUT2D eigenvalue weighted by Gasteiger charge is 2.72. The number of aromatic nitrogens is 2. The third kappa shape index (κ3) is 3.51. The molecule has 26 heavy (non-hydrogen) atoms. The van der Waals surface area contributed by atoms with Crippen molar-refractivity contribution in [3.63, 3.8) is 0 Å². The molecule has 0 radical (unpaired) electrons. The third-order valence-corrected chi connectivity index (χ3v) is 8.36. The standard InChI is InChI=1S/C12H18N2O10P2/c15-7-1-2-14(11(18)13-7)8-6-3-12(6,10(17)9(8)16)4-24-26(22,23)5-25(19,20)21/h1-2,6,8-10,16-17H,3-5H2,(H,22,23)(H,13,15,18)(H2,19,20,21)/t6-,8-,9+,10+,12+/m1/s1. The number of aliphatic hydroxyl groups excluding tert-OH is 2. The normalized spacial score (nSPS) is 35.7. The summed E-state index contributed by atoms with van der Waals surface area (Å²) in [4.78, 5) is 52.3. The minimum atomic E-state index is -4.78. The van der Waals surface area contributed by atoms with Gasteiger partial charge in [-0.3, -0.25) is 23.5 Å². The van der Waals surface area contributed by atoms with Crippen molar-refractivity contribution in [2.45, 2.75) is 24.7 Å². The van der Waals surface area contributed by atoms with E-state index < -0.39 is 68.5 Å². The number of aliphatic hydroxyl groups is 2. The number of H-pyrrole nitrogens is 1. The SMILES string of the molecule is O=c1ccn([C@H]2[C@H](O)[C@H](O)[C@]3(COP(=O)(O)CP(=O)(O)O)C[C@H]23)c(=O)[nH]1. The molecule has 0 saturated heterocycles. The first-order valence-electron chi connectivity index (χ1n) is 7.55. The van der Waals surface area contributed by atoms with E-state index in [9.17, 15) is 33.8 Å². The van der Waals surface area contributed by atoms with Crippen molar-refractivity contribution < 1.29 is 38.5 Å².